The third-order valence-corrected chi connectivity index (χ3v) is 2.15. The van der Waals surface area contributed by atoms with Gasteiger partial charge in [-0.05, 0) is 6.07 Å². The lowest BCUT2D eigenvalue weighted by Crippen LogP contribution is -2.31. The molecule has 0 saturated heterocycles. The van der Waals surface area contributed by atoms with Crippen LogP contribution in [-0.2, 0) is 0 Å². The minimum absolute atomic E-state index is 0.415. The van der Waals surface area contributed by atoms with E-state index in [-0.39, 0.29) is 0 Å². The second-order valence-corrected chi connectivity index (χ2v) is 2.98. The lowest BCUT2D eigenvalue weighted by Gasteiger charge is -2.27. The Kier molecular flexibility index (Phi) is 1.75. The summed E-state index contributed by atoms with van der Waals surface area (Å²) in [6.07, 6.45) is -1.44. The molecule has 1 heterocycles. The summed E-state index contributed by atoms with van der Waals surface area (Å²) in [5, 5.41) is 21.9. The van der Waals surface area contributed by atoms with Gasteiger partial charge in [0.05, 0.1) is 0 Å². The Labute approximate surface area is 70.7 Å². The van der Waals surface area contributed by atoms with Crippen molar-refractivity contribution in [2.24, 2.45) is 0 Å². The van der Waals surface area contributed by atoms with Crippen LogP contribution in [0.5, 0.6) is 0 Å². The molecule has 3 N–H and O–H groups in total. The van der Waals surface area contributed by atoms with E-state index in [1.165, 1.54) is 0 Å². The molecular weight excluding hydrogens is 154 g/mol. The molecule has 3 nitrogen and oxygen atoms in total. The molecule has 0 bridgehead atoms. The second kappa shape index (κ2) is 2.77. The number of hydrogen-bond donors (Lipinski definition) is 3. The van der Waals surface area contributed by atoms with Gasteiger partial charge in [-0.25, -0.2) is 0 Å². The molecule has 0 fully saturated rings. The van der Waals surface area contributed by atoms with Gasteiger partial charge < -0.3 is 15.5 Å². The highest BCUT2D eigenvalue weighted by Gasteiger charge is 2.24. The third-order valence-electron chi connectivity index (χ3n) is 2.15. The fourth-order valence-electron chi connectivity index (χ4n) is 1.45. The molecule has 12 heavy (non-hydrogen) atoms. The zero-order chi connectivity index (χ0) is 8.55. The van der Waals surface area contributed by atoms with Crippen molar-refractivity contribution in [3.8, 4) is 0 Å². The van der Waals surface area contributed by atoms with Crippen molar-refractivity contribution >= 4 is 5.69 Å². The molecule has 1 aromatic rings. The second-order valence-electron chi connectivity index (χ2n) is 2.98. The van der Waals surface area contributed by atoms with E-state index >= 15 is 0 Å². The molecule has 0 aromatic heterocycles. The van der Waals surface area contributed by atoms with Crippen LogP contribution < -0.4 is 5.32 Å². The zero-order valence-corrected chi connectivity index (χ0v) is 6.57. The van der Waals surface area contributed by atoms with Crippen molar-refractivity contribution in [2.45, 2.75) is 12.2 Å². The van der Waals surface area contributed by atoms with Gasteiger partial charge in [0.25, 0.3) is 0 Å². The average Bonchev–Trinajstić information content (AvgIpc) is 2.12. The van der Waals surface area contributed by atoms with Crippen LogP contribution in [0.4, 0.5) is 5.69 Å². The van der Waals surface area contributed by atoms with Gasteiger partial charge >= 0.3 is 0 Å². The number of para-hydroxylation sites is 1. The molecule has 0 amide bonds. The predicted octanol–water partition coefficient (Wildman–Crippen LogP) is 0.506. The molecule has 2 atom stereocenters. The van der Waals surface area contributed by atoms with Crippen molar-refractivity contribution in [3.63, 3.8) is 0 Å². The Morgan fingerprint density at radius 2 is 2.00 bits per heavy atom. The third kappa shape index (κ3) is 1.07. The van der Waals surface area contributed by atoms with Crippen molar-refractivity contribution in [2.75, 3.05) is 11.9 Å². The smallest absolute Gasteiger partial charge is 0.109 e. The van der Waals surface area contributed by atoms with Crippen LogP contribution in [0.15, 0.2) is 24.3 Å². The Balaban J connectivity index is 2.42. The highest BCUT2D eigenvalue weighted by molar-refractivity contribution is 5.54. The molecule has 0 aliphatic carbocycles. The number of β-amino-alcohol motifs (C(OH)–C–C–N with tert-alkyl or cyclic N) is 1. The molecule has 2 rings (SSSR count). The zero-order valence-electron chi connectivity index (χ0n) is 6.57. The van der Waals surface area contributed by atoms with E-state index in [1.54, 1.807) is 0 Å². The SMILES string of the molecule is OC1CNc2ccccc2C1O. The van der Waals surface area contributed by atoms with Gasteiger partial charge in [-0.15, -0.1) is 0 Å². The van der Waals surface area contributed by atoms with E-state index in [9.17, 15) is 10.2 Å². The fourth-order valence-corrected chi connectivity index (χ4v) is 1.45. The number of aliphatic hydroxyl groups is 2. The van der Waals surface area contributed by atoms with Crippen LogP contribution in [0.1, 0.15) is 11.7 Å². The molecule has 3 heteroatoms. The van der Waals surface area contributed by atoms with E-state index in [2.05, 4.69) is 5.32 Å². The highest BCUT2D eigenvalue weighted by Crippen LogP contribution is 2.28. The average molecular weight is 165 g/mol. The number of aliphatic hydroxyl groups excluding tert-OH is 2. The summed E-state index contributed by atoms with van der Waals surface area (Å²) in [5.41, 5.74) is 1.69. The summed E-state index contributed by atoms with van der Waals surface area (Å²) in [4.78, 5) is 0. The maximum Gasteiger partial charge on any atom is 0.109 e. The highest BCUT2D eigenvalue weighted by atomic mass is 16.3. The first-order chi connectivity index (χ1) is 5.79. The summed E-state index contributed by atoms with van der Waals surface area (Å²) in [5.74, 6) is 0. The monoisotopic (exact) mass is 165 g/mol. The van der Waals surface area contributed by atoms with Gasteiger partial charge in [0.1, 0.15) is 12.2 Å². The topological polar surface area (TPSA) is 52.5 Å². The standard InChI is InChI=1S/C9H11NO2/c11-8-5-10-7-4-2-1-3-6(7)9(8)12/h1-4,8-12H,5H2. The molecule has 0 spiro atoms. The summed E-state index contributed by atoms with van der Waals surface area (Å²) in [7, 11) is 0. The summed E-state index contributed by atoms with van der Waals surface area (Å²) < 4.78 is 0. The molecule has 64 valence electrons. The van der Waals surface area contributed by atoms with Crippen molar-refractivity contribution < 1.29 is 10.2 Å². The fraction of sp³-hybridized carbons (Fsp3) is 0.333. The first-order valence-electron chi connectivity index (χ1n) is 3.98. The lowest BCUT2D eigenvalue weighted by atomic mass is 9.99. The maximum atomic E-state index is 9.54. The van der Waals surface area contributed by atoms with Gasteiger partial charge in [0, 0.05) is 17.8 Å². The van der Waals surface area contributed by atoms with E-state index in [1.807, 2.05) is 24.3 Å². The molecule has 0 saturated carbocycles. The first-order valence-corrected chi connectivity index (χ1v) is 3.98. The summed E-state index contributed by atoms with van der Waals surface area (Å²) in [6.45, 7) is 0.415. The van der Waals surface area contributed by atoms with Gasteiger partial charge in [-0.3, -0.25) is 0 Å². The van der Waals surface area contributed by atoms with Gasteiger partial charge in [-0.1, -0.05) is 18.2 Å². The normalized spacial score (nSPS) is 27.5. The van der Waals surface area contributed by atoms with Crippen LogP contribution in [0.3, 0.4) is 0 Å². The molecule has 1 aromatic carbocycles. The number of anilines is 1. The largest absolute Gasteiger partial charge is 0.388 e. The van der Waals surface area contributed by atoms with E-state index in [0.29, 0.717) is 6.54 Å². The molecule has 1 aliphatic heterocycles. The van der Waals surface area contributed by atoms with Gasteiger partial charge in [0.2, 0.25) is 0 Å². The first kappa shape index (κ1) is 7.58. The van der Waals surface area contributed by atoms with Gasteiger partial charge in [0.15, 0.2) is 0 Å². The van der Waals surface area contributed by atoms with Crippen molar-refractivity contribution in [1.82, 2.24) is 0 Å². The Bertz CT molecular complexity index is 288. The van der Waals surface area contributed by atoms with Crippen LogP contribution in [0.25, 0.3) is 0 Å². The summed E-state index contributed by atoms with van der Waals surface area (Å²) >= 11 is 0. The molecule has 0 radical (unpaired) electrons. The van der Waals surface area contributed by atoms with E-state index < -0.39 is 12.2 Å². The number of benzene rings is 1. The number of fused-ring (bicyclic) bond motifs is 1. The minimum atomic E-state index is -0.748. The van der Waals surface area contributed by atoms with E-state index in [0.717, 1.165) is 11.3 Å². The quantitative estimate of drug-likeness (QED) is 0.525. The van der Waals surface area contributed by atoms with Crippen LogP contribution in [0.2, 0.25) is 0 Å². The number of rotatable bonds is 0. The minimum Gasteiger partial charge on any atom is -0.388 e. The van der Waals surface area contributed by atoms with Crippen LogP contribution >= 0.6 is 0 Å². The summed E-state index contributed by atoms with van der Waals surface area (Å²) in [6, 6.07) is 7.46. The number of hydrogen-bond acceptors (Lipinski definition) is 3. The van der Waals surface area contributed by atoms with Crippen molar-refractivity contribution in [1.29, 1.82) is 0 Å². The molecule has 1 aliphatic rings. The predicted molar refractivity (Wildman–Crippen MR) is 45.9 cm³/mol. The molecule has 2 unspecified atom stereocenters. The lowest BCUT2D eigenvalue weighted by molar-refractivity contribution is 0.0233. The van der Waals surface area contributed by atoms with Gasteiger partial charge in [-0.2, -0.15) is 0 Å². The Hall–Kier alpha value is -1.06. The Morgan fingerprint density at radius 3 is 2.83 bits per heavy atom. The Morgan fingerprint density at radius 1 is 1.25 bits per heavy atom. The van der Waals surface area contributed by atoms with Crippen molar-refractivity contribution in [3.05, 3.63) is 29.8 Å². The number of nitrogens with one attached hydrogen (secondary N) is 1. The molecular formula is C9H11NO2. The van der Waals surface area contributed by atoms with Crippen LogP contribution in [-0.4, -0.2) is 22.9 Å². The van der Waals surface area contributed by atoms with Crippen LogP contribution in [0, 0.1) is 0 Å². The maximum absolute atomic E-state index is 9.54. The van der Waals surface area contributed by atoms with E-state index in [4.69, 9.17) is 0 Å².